The molecular weight excluding hydrogens is 330 g/mol. The fourth-order valence-corrected chi connectivity index (χ4v) is 3.37. The lowest BCUT2D eigenvalue weighted by atomic mass is 10.2. The highest BCUT2D eigenvalue weighted by Gasteiger charge is 2.09. The Morgan fingerprint density at radius 1 is 1.04 bits per heavy atom. The summed E-state index contributed by atoms with van der Waals surface area (Å²) in [6.07, 6.45) is 1.79. The second-order valence-electron chi connectivity index (χ2n) is 5.49. The van der Waals surface area contributed by atoms with Crippen molar-refractivity contribution in [2.75, 3.05) is 7.05 Å². The van der Waals surface area contributed by atoms with Crippen molar-refractivity contribution in [3.8, 4) is 10.6 Å². The number of aromatic nitrogens is 2. The Morgan fingerprint density at radius 2 is 1.80 bits per heavy atom. The lowest BCUT2D eigenvalue weighted by Crippen LogP contribution is -2.36. The van der Waals surface area contributed by atoms with Gasteiger partial charge in [0, 0.05) is 23.7 Å². The van der Waals surface area contributed by atoms with Crippen LogP contribution in [0.25, 0.3) is 10.6 Å². The van der Waals surface area contributed by atoms with Crippen LogP contribution in [0.1, 0.15) is 16.3 Å². The van der Waals surface area contributed by atoms with Crippen molar-refractivity contribution in [2.24, 2.45) is 4.99 Å². The van der Waals surface area contributed by atoms with Crippen LogP contribution in [0.3, 0.4) is 0 Å². The fourth-order valence-electron chi connectivity index (χ4n) is 2.36. The molecule has 2 aromatic heterocycles. The number of benzene rings is 1. The minimum Gasteiger partial charge on any atom is -0.351 e. The van der Waals surface area contributed by atoms with Crippen LogP contribution in [0.4, 0.5) is 0 Å². The van der Waals surface area contributed by atoms with Gasteiger partial charge in [0.2, 0.25) is 0 Å². The molecule has 5 nitrogen and oxygen atoms in total. The third kappa shape index (κ3) is 4.64. The van der Waals surface area contributed by atoms with E-state index in [-0.39, 0.29) is 0 Å². The van der Waals surface area contributed by atoms with E-state index in [1.165, 1.54) is 4.88 Å². The molecule has 2 N–H and O–H groups in total. The van der Waals surface area contributed by atoms with Gasteiger partial charge in [-0.15, -0.1) is 11.3 Å². The van der Waals surface area contributed by atoms with Crippen LogP contribution >= 0.6 is 11.3 Å². The van der Waals surface area contributed by atoms with Crippen molar-refractivity contribution in [3.05, 3.63) is 71.0 Å². The van der Waals surface area contributed by atoms with Crippen LogP contribution in [0.2, 0.25) is 0 Å². The van der Waals surface area contributed by atoms with Gasteiger partial charge in [-0.1, -0.05) is 36.4 Å². The Hall–Kier alpha value is -2.73. The molecule has 6 heteroatoms. The van der Waals surface area contributed by atoms with Gasteiger partial charge in [-0.2, -0.15) is 0 Å². The number of nitrogens with zero attached hydrogens (tertiary/aromatic N) is 3. The zero-order chi connectivity index (χ0) is 17.5. The molecule has 2 heterocycles. The van der Waals surface area contributed by atoms with Gasteiger partial charge >= 0.3 is 0 Å². The molecule has 0 amide bonds. The van der Waals surface area contributed by atoms with E-state index in [4.69, 9.17) is 0 Å². The molecule has 0 unspecified atom stereocenters. The molecule has 0 atom stereocenters. The number of hydrogen-bond acceptors (Lipinski definition) is 4. The summed E-state index contributed by atoms with van der Waals surface area (Å²) in [6, 6.07) is 16.1. The number of aliphatic imine (C=N–C) groups is 1. The highest BCUT2D eigenvalue weighted by atomic mass is 32.1. The first-order chi connectivity index (χ1) is 12.3. The highest BCUT2D eigenvalue weighted by molar-refractivity contribution is 7.15. The van der Waals surface area contributed by atoms with E-state index < -0.39 is 0 Å². The van der Waals surface area contributed by atoms with Gasteiger partial charge in [-0.25, -0.2) is 4.98 Å². The Bertz CT molecular complexity index is 828. The van der Waals surface area contributed by atoms with E-state index in [2.05, 4.69) is 37.7 Å². The molecule has 3 aromatic rings. The van der Waals surface area contributed by atoms with Crippen molar-refractivity contribution < 1.29 is 0 Å². The fraction of sp³-hybridized carbons (Fsp3) is 0.211. The number of hydrogen-bond donors (Lipinski definition) is 2. The van der Waals surface area contributed by atoms with Crippen LogP contribution in [0.15, 0.2) is 59.7 Å². The molecule has 0 radical (unpaired) electrons. The van der Waals surface area contributed by atoms with Gasteiger partial charge in [0.1, 0.15) is 5.01 Å². The van der Waals surface area contributed by atoms with Crippen LogP contribution in [-0.2, 0) is 13.1 Å². The number of rotatable bonds is 5. The second-order valence-corrected chi connectivity index (χ2v) is 6.58. The predicted octanol–water partition coefficient (Wildman–Crippen LogP) is 3.38. The molecule has 1 aromatic carbocycles. The number of guanidine groups is 1. The number of thiazole rings is 1. The van der Waals surface area contributed by atoms with E-state index in [1.54, 1.807) is 24.6 Å². The summed E-state index contributed by atoms with van der Waals surface area (Å²) in [7, 11) is 1.77. The van der Waals surface area contributed by atoms with Crippen LogP contribution in [-0.4, -0.2) is 23.0 Å². The summed E-state index contributed by atoms with van der Waals surface area (Å²) in [5.41, 5.74) is 3.18. The SMILES string of the molecule is CN=C(NCc1ccccn1)NCc1sc(-c2ccccc2)nc1C. The zero-order valence-electron chi connectivity index (χ0n) is 14.4. The van der Waals surface area contributed by atoms with E-state index >= 15 is 0 Å². The van der Waals surface area contributed by atoms with Crippen LogP contribution < -0.4 is 10.6 Å². The Balaban J connectivity index is 1.59. The van der Waals surface area contributed by atoms with E-state index in [0.29, 0.717) is 13.1 Å². The van der Waals surface area contributed by atoms with Gasteiger partial charge in [0.25, 0.3) is 0 Å². The Kier molecular flexibility index (Phi) is 5.74. The zero-order valence-corrected chi connectivity index (χ0v) is 15.2. The molecule has 0 fully saturated rings. The number of aryl methyl sites for hydroxylation is 1. The minimum absolute atomic E-state index is 0.636. The lowest BCUT2D eigenvalue weighted by molar-refractivity contribution is 0.796. The van der Waals surface area contributed by atoms with Crippen LogP contribution in [0.5, 0.6) is 0 Å². The standard InChI is InChI=1S/C19H21N5S/c1-14-17(25-18(24-14)15-8-4-3-5-9-15)13-23-19(20-2)22-12-16-10-6-7-11-21-16/h3-11H,12-13H2,1-2H3,(H2,20,22,23). The molecule has 0 aliphatic carbocycles. The third-order valence-corrected chi connectivity index (χ3v) is 4.92. The molecule has 0 aliphatic heterocycles. The first-order valence-electron chi connectivity index (χ1n) is 8.12. The highest BCUT2D eigenvalue weighted by Crippen LogP contribution is 2.27. The lowest BCUT2D eigenvalue weighted by Gasteiger charge is -2.11. The second kappa shape index (κ2) is 8.39. The monoisotopic (exact) mass is 351 g/mol. The maximum absolute atomic E-state index is 4.69. The van der Waals surface area contributed by atoms with Gasteiger partial charge in [0.05, 0.1) is 24.5 Å². The molecule has 0 bridgehead atoms. The molecule has 0 aliphatic rings. The molecule has 3 rings (SSSR count). The summed E-state index contributed by atoms with van der Waals surface area (Å²) in [5, 5.41) is 7.67. The normalized spacial score (nSPS) is 11.4. The van der Waals surface area contributed by atoms with E-state index in [1.807, 2.05) is 43.3 Å². The van der Waals surface area contributed by atoms with Gasteiger partial charge < -0.3 is 10.6 Å². The predicted molar refractivity (Wildman–Crippen MR) is 104 cm³/mol. The van der Waals surface area contributed by atoms with E-state index in [9.17, 15) is 0 Å². The first-order valence-corrected chi connectivity index (χ1v) is 8.94. The molecule has 0 spiro atoms. The average Bonchev–Trinajstić information content (AvgIpc) is 3.04. The summed E-state index contributed by atoms with van der Waals surface area (Å²) in [5.74, 6) is 0.750. The Morgan fingerprint density at radius 3 is 2.52 bits per heavy atom. The summed E-state index contributed by atoms with van der Waals surface area (Å²) < 4.78 is 0. The minimum atomic E-state index is 0.636. The summed E-state index contributed by atoms with van der Waals surface area (Å²) >= 11 is 1.71. The quantitative estimate of drug-likeness (QED) is 0.546. The smallest absolute Gasteiger partial charge is 0.191 e. The maximum Gasteiger partial charge on any atom is 0.191 e. The van der Waals surface area contributed by atoms with Crippen molar-refractivity contribution in [2.45, 2.75) is 20.0 Å². The third-order valence-electron chi connectivity index (χ3n) is 3.72. The largest absolute Gasteiger partial charge is 0.351 e. The molecule has 0 saturated heterocycles. The summed E-state index contributed by atoms with van der Waals surface area (Å²) in [6.45, 7) is 3.37. The Labute approximate surface area is 151 Å². The van der Waals surface area contributed by atoms with Crippen molar-refractivity contribution in [3.63, 3.8) is 0 Å². The topological polar surface area (TPSA) is 62.2 Å². The summed E-state index contributed by atoms with van der Waals surface area (Å²) in [4.78, 5) is 14.5. The number of pyridine rings is 1. The molecule has 25 heavy (non-hydrogen) atoms. The van der Waals surface area contributed by atoms with Crippen molar-refractivity contribution in [1.29, 1.82) is 0 Å². The van der Waals surface area contributed by atoms with Gasteiger partial charge in [-0.05, 0) is 19.1 Å². The van der Waals surface area contributed by atoms with Crippen molar-refractivity contribution >= 4 is 17.3 Å². The van der Waals surface area contributed by atoms with Crippen LogP contribution in [0, 0.1) is 6.92 Å². The molecule has 128 valence electrons. The molecular formula is C19H21N5S. The van der Waals surface area contributed by atoms with Gasteiger partial charge in [0.15, 0.2) is 5.96 Å². The first kappa shape index (κ1) is 17.1. The van der Waals surface area contributed by atoms with Crippen molar-refractivity contribution in [1.82, 2.24) is 20.6 Å². The number of nitrogens with one attached hydrogen (secondary N) is 2. The average molecular weight is 351 g/mol. The maximum atomic E-state index is 4.69. The van der Waals surface area contributed by atoms with Gasteiger partial charge in [-0.3, -0.25) is 9.98 Å². The molecule has 0 saturated carbocycles. The van der Waals surface area contributed by atoms with E-state index in [0.717, 1.165) is 27.9 Å².